The van der Waals surface area contributed by atoms with E-state index in [1.54, 1.807) is 11.0 Å². The molecule has 2 aromatic carbocycles. The van der Waals surface area contributed by atoms with Gasteiger partial charge in [-0.25, -0.2) is 4.39 Å². The number of hydrogen-bond donors (Lipinski definition) is 0. The van der Waals surface area contributed by atoms with Gasteiger partial charge in [0.15, 0.2) is 0 Å². The Labute approximate surface area is 150 Å². The lowest BCUT2D eigenvalue weighted by atomic mass is 9.79. The van der Waals surface area contributed by atoms with E-state index in [4.69, 9.17) is 4.98 Å². The van der Waals surface area contributed by atoms with Crippen molar-refractivity contribution in [1.82, 2.24) is 4.98 Å². The largest absolute Gasteiger partial charge is 0.277 e. The van der Waals surface area contributed by atoms with Gasteiger partial charge in [-0.15, -0.1) is 0 Å². The van der Waals surface area contributed by atoms with Crippen LogP contribution in [-0.4, -0.2) is 10.9 Å². The second-order valence-corrected chi connectivity index (χ2v) is 7.64. The maximum Gasteiger partial charge on any atom is 0.264 e. The fourth-order valence-corrected chi connectivity index (χ4v) is 4.07. The molecule has 2 heterocycles. The Hall–Kier alpha value is -3.01. The van der Waals surface area contributed by atoms with Crippen LogP contribution < -0.4 is 4.90 Å². The van der Waals surface area contributed by atoms with E-state index in [-0.39, 0.29) is 17.1 Å². The van der Waals surface area contributed by atoms with Crippen LogP contribution in [-0.2, 0) is 6.42 Å². The van der Waals surface area contributed by atoms with Gasteiger partial charge in [-0.05, 0) is 42.2 Å². The van der Waals surface area contributed by atoms with Crippen molar-refractivity contribution in [3.63, 3.8) is 0 Å². The first-order chi connectivity index (χ1) is 12.4. The molecule has 0 atom stereocenters. The topological polar surface area (TPSA) is 33.2 Å². The number of anilines is 1. The summed E-state index contributed by atoms with van der Waals surface area (Å²) in [5.41, 5.74) is 4.56. The highest BCUT2D eigenvalue weighted by molar-refractivity contribution is 6.27. The molecule has 26 heavy (non-hydrogen) atoms. The summed E-state index contributed by atoms with van der Waals surface area (Å²) >= 11 is 0. The van der Waals surface area contributed by atoms with Crippen LogP contribution in [0.3, 0.4) is 0 Å². The number of nitrogens with zero attached hydrogens (tertiary/aromatic N) is 2. The van der Waals surface area contributed by atoms with E-state index in [0.717, 1.165) is 29.1 Å². The minimum absolute atomic E-state index is 0.113. The van der Waals surface area contributed by atoms with Crippen LogP contribution in [0.1, 0.15) is 35.5 Å². The summed E-state index contributed by atoms with van der Waals surface area (Å²) in [6.07, 6.45) is 2.89. The van der Waals surface area contributed by atoms with Gasteiger partial charge >= 0.3 is 0 Å². The number of carbonyl (C=O) groups is 1. The third kappa shape index (κ3) is 2.05. The van der Waals surface area contributed by atoms with Gasteiger partial charge < -0.3 is 0 Å². The summed E-state index contributed by atoms with van der Waals surface area (Å²) in [6.45, 7) is 4.29. The van der Waals surface area contributed by atoms with Gasteiger partial charge in [0, 0.05) is 16.6 Å². The molecule has 128 valence electrons. The van der Waals surface area contributed by atoms with Gasteiger partial charge in [0.2, 0.25) is 0 Å². The van der Waals surface area contributed by atoms with Gasteiger partial charge in [-0.2, -0.15) is 0 Å². The van der Waals surface area contributed by atoms with Crippen LogP contribution in [0, 0.1) is 11.2 Å². The molecule has 0 unspecified atom stereocenters. The van der Waals surface area contributed by atoms with E-state index < -0.39 is 0 Å². The van der Waals surface area contributed by atoms with Gasteiger partial charge in [-0.1, -0.05) is 38.1 Å². The molecule has 3 aromatic rings. The first kappa shape index (κ1) is 15.3. The standard InChI is InChI=1S/C22H17FN2O/c1-22(2)11-17-20-18(12-22)25(14-6-4-3-5-7-14)21(26)19(20)15-10-13(23)8-9-16(15)24-17/h3-10,12H,11H2,1-2H3. The predicted octanol–water partition coefficient (Wildman–Crippen LogP) is 4.96. The van der Waals surface area contributed by atoms with E-state index in [9.17, 15) is 9.18 Å². The average molecular weight is 344 g/mol. The minimum Gasteiger partial charge on any atom is -0.277 e. The second-order valence-electron chi connectivity index (χ2n) is 7.64. The number of pyridine rings is 1. The number of allylic oxidation sites excluding steroid dienone is 1. The number of para-hydroxylation sites is 1. The van der Waals surface area contributed by atoms with Crippen LogP contribution in [0.25, 0.3) is 16.6 Å². The Balaban J connectivity index is 1.88. The molecular formula is C22H17FN2O. The lowest BCUT2D eigenvalue weighted by Gasteiger charge is -2.30. The number of carbonyl (C=O) groups excluding carboxylic acids is 1. The Morgan fingerprint density at radius 1 is 1.08 bits per heavy atom. The van der Waals surface area contributed by atoms with Crippen molar-refractivity contribution in [2.24, 2.45) is 5.41 Å². The molecule has 0 saturated heterocycles. The van der Waals surface area contributed by atoms with Crippen molar-refractivity contribution in [2.45, 2.75) is 20.3 Å². The number of amides is 1. The highest BCUT2D eigenvalue weighted by Crippen LogP contribution is 2.47. The maximum absolute atomic E-state index is 13.9. The van der Waals surface area contributed by atoms with Crippen molar-refractivity contribution < 1.29 is 9.18 Å². The van der Waals surface area contributed by atoms with E-state index >= 15 is 0 Å². The zero-order chi connectivity index (χ0) is 18.1. The quantitative estimate of drug-likeness (QED) is 0.625. The fraction of sp³-hybridized carbons (Fsp3) is 0.182. The molecule has 0 fully saturated rings. The molecule has 0 bridgehead atoms. The van der Waals surface area contributed by atoms with Crippen LogP contribution in [0.5, 0.6) is 0 Å². The first-order valence-corrected chi connectivity index (χ1v) is 8.69. The molecule has 1 aliphatic heterocycles. The Morgan fingerprint density at radius 2 is 1.85 bits per heavy atom. The summed E-state index contributed by atoms with van der Waals surface area (Å²) in [4.78, 5) is 19.9. The average Bonchev–Trinajstić information content (AvgIpc) is 2.88. The van der Waals surface area contributed by atoms with E-state index in [1.165, 1.54) is 12.1 Å². The van der Waals surface area contributed by atoms with E-state index in [0.29, 0.717) is 16.5 Å². The molecule has 0 saturated carbocycles. The molecule has 5 rings (SSSR count). The monoisotopic (exact) mass is 344 g/mol. The zero-order valence-electron chi connectivity index (χ0n) is 14.6. The Morgan fingerprint density at radius 3 is 2.62 bits per heavy atom. The number of hydrogen-bond acceptors (Lipinski definition) is 2. The maximum atomic E-state index is 13.9. The Kier molecular flexibility index (Phi) is 2.94. The molecule has 1 aromatic heterocycles. The molecule has 0 radical (unpaired) electrons. The van der Waals surface area contributed by atoms with Crippen molar-refractivity contribution >= 4 is 28.2 Å². The molecule has 1 amide bonds. The lowest BCUT2D eigenvalue weighted by molar-refractivity contribution is 0.101. The second kappa shape index (κ2) is 5.01. The smallest absolute Gasteiger partial charge is 0.264 e. The van der Waals surface area contributed by atoms with Crippen LogP contribution in [0.4, 0.5) is 10.1 Å². The van der Waals surface area contributed by atoms with Crippen molar-refractivity contribution in [1.29, 1.82) is 0 Å². The molecule has 4 heteroatoms. The van der Waals surface area contributed by atoms with Crippen molar-refractivity contribution in [3.8, 4) is 0 Å². The summed E-state index contributed by atoms with van der Waals surface area (Å²) in [5, 5.41) is 0.581. The fourth-order valence-electron chi connectivity index (χ4n) is 4.07. The molecule has 1 aliphatic carbocycles. The van der Waals surface area contributed by atoms with Crippen LogP contribution >= 0.6 is 0 Å². The third-order valence-electron chi connectivity index (χ3n) is 5.10. The van der Waals surface area contributed by atoms with Gasteiger partial charge in [0.05, 0.1) is 22.5 Å². The number of benzene rings is 2. The SMILES string of the molecule is CC1(C)C=C2c3c(nc4ccc(F)cc4c3C(=O)N2c2ccccc2)C1. The zero-order valence-corrected chi connectivity index (χ0v) is 14.6. The van der Waals surface area contributed by atoms with Crippen LogP contribution in [0.2, 0.25) is 0 Å². The molecule has 0 spiro atoms. The number of fused-ring (bicyclic) bond motifs is 2. The third-order valence-corrected chi connectivity index (χ3v) is 5.10. The molecule has 0 N–H and O–H groups in total. The lowest BCUT2D eigenvalue weighted by Crippen LogP contribution is -2.26. The summed E-state index contributed by atoms with van der Waals surface area (Å²) in [5.74, 6) is -0.475. The van der Waals surface area contributed by atoms with Crippen molar-refractivity contribution in [2.75, 3.05) is 4.90 Å². The summed E-state index contributed by atoms with van der Waals surface area (Å²) in [7, 11) is 0. The van der Waals surface area contributed by atoms with Gasteiger partial charge in [0.1, 0.15) is 5.82 Å². The number of halogens is 1. The highest BCUT2D eigenvalue weighted by atomic mass is 19.1. The summed E-state index contributed by atoms with van der Waals surface area (Å²) < 4.78 is 13.9. The van der Waals surface area contributed by atoms with E-state index in [2.05, 4.69) is 19.9 Å². The number of aromatic nitrogens is 1. The minimum atomic E-state index is -0.358. The van der Waals surface area contributed by atoms with Crippen LogP contribution in [0.15, 0.2) is 54.6 Å². The molecule has 2 aliphatic rings. The van der Waals surface area contributed by atoms with Gasteiger partial charge in [0.25, 0.3) is 5.91 Å². The van der Waals surface area contributed by atoms with Crippen molar-refractivity contribution in [3.05, 3.63) is 77.2 Å². The normalized spacial score (nSPS) is 17.4. The Bertz CT molecular complexity index is 1120. The van der Waals surface area contributed by atoms with E-state index in [1.807, 2.05) is 30.3 Å². The molecular weight excluding hydrogens is 327 g/mol. The first-order valence-electron chi connectivity index (χ1n) is 8.69. The predicted molar refractivity (Wildman–Crippen MR) is 100 cm³/mol. The molecule has 3 nitrogen and oxygen atoms in total. The number of rotatable bonds is 1. The summed E-state index contributed by atoms with van der Waals surface area (Å²) in [6, 6.07) is 14.1. The van der Waals surface area contributed by atoms with Gasteiger partial charge in [-0.3, -0.25) is 14.7 Å². The highest BCUT2D eigenvalue weighted by Gasteiger charge is 2.42.